The number of benzene rings is 1. The third-order valence-corrected chi connectivity index (χ3v) is 2.23. The predicted molar refractivity (Wildman–Crippen MR) is 56.1 cm³/mol. The minimum atomic E-state index is -0.151. The zero-order valence-electron chi connectivity index (χ0n) is 8.66. The molecule has 0 amide bonds. The Morgan fingerprint density at radius 1 is 1.36 bits per heavy atom. The van der Waals surface area contributed by atoms with E-state index in [4.69, 9.17) is 10.2 Å². The van der Waals surface area contributed by atoms with E-state index in [1.807, 2.05) is 26.8 Å². The molecule has 2 aromatic rings. The molecule has 1 atom stereocenters. The number of hydrogen-bond donors (Lipinski definition) is 1. The largest absolute Gasteiger partial charge is 0.439 e. The normalized spacial score (nSPS) is 13.4. The van der Waals surface area contributed by atoms with Gasteiger partial charge in [0.25, 0.3) is 0 Å². The van der Waals surface area contributed by atoms with Crippen molar-refractivity contribution in [3.8, 4) is 0 Å². The second kappa shape index (κ2) is 3.10. The monoisotopic (exact) mass is 190 g/mol. The minimum absolute atomic E-state index is 0.151. The number of nitrogens with two attached hydrogens (primary N) is 1. The lowest BCUT2D eigenvalue weighted by atomic mass is 10.1. The average molecular weight is 190 g/mol. The third-order valence-electron chi connectivity index (χ3n) is 2.23. The molecule has 0 radical (unpaired) electrons. The molecule has 2 N–H and O–H groups in total. The first-order valence-electron chi connectivity index (χ1n) is 4.71. The van der Waals surface area contributed by atoms with Gasteiger partial charge in [0.1, 0.15) is 5.52 Å². The van der Waals surface area contributed by atoms with E-state index in [1.165, 1.54) is 5.56 Å². The van der Waals surface area contributed by atoms with Crippen molar-refractivity contribution in [1.29, 1.82) is 0 Å². The molecule has 0 saturated carbocycles. The first-order valence-corrected chi connectivity index (χ1v) is 4.71. The van der Waals surface area contributed by atoms with Crippen molar-refractivity contribution in [2.24, 2.45) is 5.73 Å². The SMILES string of the molecule is Cc1cc(C)c2oc([C@H](C)N)nc2c1. The van der Waals surface area contributed by atoms with Gasteiger partial charge in [-0.15, -0.1) is 0 Å². The summed E-state index contributed by atoms with van der Waals surface area (Å²) < 4.78 is 5.58. The molecule has 0 unspecified atom stereocenters. The van der Waals surface area contributed by atoms with E-state index in [2.05, 4.69) is 11.1 Å². The lowest BCUT2D eigenvalue weighted by Crippen LogP contribution is -2.04. The number of aromatic nitrogens is 1. The number of nitrogens with zero attached hydrogens (tertiary/aromatic N) is 1. The lowest BCUT2D eigenvalue weighted by Gasteiger charge is -1.96. The number of hydrogen-bond acceptors (Lipinski definition) is 3. The summed E-state index contributed by atoms with van der Waals surface area (Å²) in [5, 5.41) is 0. The standard InChI is InChI=1S/C11H14N2O/c1-6-4-7(2)10-9(5-6)13-11(14-10)8(3)12/h4-5,8H,12H2,1-3H3/t8-/m0/s1. The number of fused-ring (bicyclic) bond motifs is 1. The Hall–Kier alpha value is -1.35. The predicted octanol–water partition coefficient (Wildman–Crippen LogP) is 2.46. The molecular weight excluding hydrogens is 176 g/mol. The maximum atomic E-state index is 5.71. The van der Waals surface area contributed by atoms with Crippen LogP contribution in [0, 0.1) is 13.8 Å². The van der Waals surface area contributed by atoms with Crippen LogP contribution in [0.25, 0.3) is 11.1 Å². The first kappa shape index (κ1) is 9.21. The van der Waals surface area contributed by atoms with Crippen LogP contribution in [0.2, 0.25) is 0 Å². The molecule has 74 valence electrons. The van der Waals surface area contributed by atoms with Crippen LogP contribution in [0.3, 0.4) is 0 Å². The van der Waals surface area contributed by atoms with Crippen molar-refractivity contribution in [2.45, 2.75) is 26.8 Å². The molecule has 1 aromatic heterocycles. The van der Waals surface area contributed by atoms with Crippen LogP contribution >= 0.6 is 0 Å². The second-order valence-corrected chi connectivity index (χ2v) is 3.77. The van der Waals surface area contributed by atoms with Crippen LogP contribution in [0.1, 0.15) is 30.0 Å². The van der Waals surface area contributed by atoms with Crippen molar-refractivity contribution >= 4 is 11.1 Å². The smallest absolute Gasteiger partial charge is 0.212 e. The molecule has 0 spiro atoms. The molecule has 0 saturated heterocycles. The molecule has 0 aliphatic carbocycles. The summed E-state index contributed by atoms with van der Waals surface area (Å²) in [7, 11) is 0. The van der Waals surface area contributed by atoms with Crippen LogP contribution < -0.4 is 5.73 Å². The minimum Gasteiger partial charge on any atom is -0.439 e. The summed E-state index contributed by atoms with van der Waals surface area (Å²) in [6, 6.07) is 3.94. The van der Waals surface area contributed by atoms with E-state index >= 15 is 0 Å². The lowest BCUT2D eigenvalue weighted by molar-refractivity contribution is 0.491. The van der Waals surface area contributed by atoms with Crippen molar-refractivity contribution in [3.63, 3.8) is 0 Å². The summed E-state index contributed by atoms with van der Waals surface area (Å²) in [5.41, 5.74) is 9.76. The third kappa shape index (κ3) is 1.40. The van der Waals surface area contributed by atoms with E-state index in [0.717, 1.165) is 16.7 Å². The van der Waals surface area contributed by atoms with E-state index in [1.54, 1.807) is 0 Å². The molecule has 0 bridgehead atoms. The highest BCUT2D eigenvalue weighted by Crippen LogP contribution is 2.23. The van der Waals surface area contributed by atoms with Gasteiger partial charge in [0.15, 0.2) is 5.58 Å². The fraction of sp³-hybridized carbons (Fsp3) is 0.364. The summed E-state index contributed by atoms with van der Waals surface area (Å²) in [6.45, 7) is 5.94. The number of aryl methyl sites for hydroxylation is 2. The van der Waals surface area contributed by atoms with E-state index < -0.39 is 0 Å². The Balaban J connectivity index is 2.70. The zero-order chi connectivity index (χ0) is 10.3. The number of oxazole rings is 1. The van der Waals surface area contributed by atoms with Gasteiger partial charge in [-0.05, 0) is 38.0 Å². The van der Waals surface area contributed by atoms with Crippen LogP contribution in [0.15, 0.2) is 16.5 Å². The van der Waals surface area contributed by atoms with Crippen molar-refractivity contribution in [1.82, 2.24) is 4.98 Å². The fourth-order valence-electron chi connectivity index (χ4n) is 1.59. The number of rotatable bonds is 1. The quantitative estimate of drug-likeness (QED) is 0.751. The Morgan fingerprint density at radius 2 is 2.07 bits per heavy atom. The van der Waals surface area contributed by atoms with Crippen molar-refractivity contribution in [3.05, 3.63) is 29.2 Å². The molecule has 1 aromatic carbocycles. The highest BCUT2D eigenvalue weighted by molar-refractivity contribution is 5.77. The molecule has 0 aliphatic rings. The Morgan fingerprint density at radius 3 is 2.71 bits per heavy atom. The van der Waals surface area contributed by atoms with Gasteiger partial charge in [-0.1, -0.05) is 6.07 Å². The average Bonchev–Trinajstić information content (AvgIpc) is 2.47. The Kier molecular flexibility index (Phi) is 2.04. The second-order valence-electron chi connectivity index (χ2n) is 3.77. The van der Waals surface area contributed by atoms with Gasteiger partial charge >= 0.3 is 0 Å². The molecule has 3 heteroatoms. The van der Waals surface area contributed by atoms with Gasteiger partial charge < -0.3 is 10.2 Å². The fourth-order valence-corrected chi connectivity index (χ4v) is 1.59. The van der Waals surface area contributed by atoms with Gasteiger partial charge in [-0.3, -0.25) is 0 Å². The molecule has 3 nitrogen and oxygen atoms in total. The zero-order valence-corrected chi connectivity index (χ0v) is 8.66. The van der Waals surface area contributed by atoms with Crippen molar-refractivity contribution < 1.29 is 4.42 Å². The molecular formula is C11H14N2O. The molecule has 1 heterocycles. The highest BCUT2D eigenvalue weighted by Gasteiger charge is 2.11. The molecule has 2 rings (SSSR count). The summed E-state index contributed by atoms with van der Waals surface area (Å²) >= 11 is 0. The maximum Gasteiger partial charge on any atom is 0.212 e. The summed E-state index contributed by atoms with van der Waals surface area (Å²) in [5.74, 6) is 0.605. The Labute approximate surface area is 82.9 Å². The van der Waals surface area contributed by atoms with Gasteiger partial charge in [0.2, 0.25) is 5.89 Å². The summed E-state index contributed by atoms with van der Waals surface area (Å²) in [6.07, 6.45) is 0. The van der Waals surface area contributed by atoms with Crippen LogP contribution in [-0.4, -0.2) is 4.98 Å². The van der Waals surface area contributed by atoms with Crippen LogP contribution in [0.4, 0.5) is 0 Å². The van der Waals surface area contributed by atoms with Crippen LogP contribution in [0.5, 0.6) is 0 Å². The van der Waals surface area contributed by atoms with Gasteiger partial charge in [0.05, 0.1) is 6.04 Å². The molecule has 0 aliphatic heterocycles. The van der Waals surface area contributed by atoms with E-state index in [-0.39, 0.29) is 6.04 Å². The van der Waals surface area contributed by atoms with E-state index in [9.17, 15) is 0 Å². The molecule has 14 heavy (non-hydrogen) atoms. The van der Waals surface area contributed by atoms with Gasteiger partial charge in [0, 0.05) is 0 Å². The first-order chi connectivity index (χ1) is 6.58. The van der Waals surface area contributed by atoms with Gasteiger partial charge in [-0.2, -0.15) is 0 Å². The highest BCUT2D eigenvalue weighted by atomic mass is 16.3. The van der Waals surface area contributed by atoms with Crippen molar-refractivity contribution in [2.75, 3.05) is 0 Å². The maximum absolute atomic E-state index is 5.71. The summed E-state index contributed by atoms with van der Waals surface area (Å²) in [4.78, 5) is 4.34. The Bertz CT molecular complexity index is 471. The molecule has 0 fully saturated rings. The van der Waals surface area contributed by atoms with Crippen LogP contribution in [-0.2, 0) is 0 Å². The van der Waals surface area contributed by atoms with Gasteiger partial charge in [-0.25, -0.2) is 4.98 Å². The topological polar surface area (TPSA) is 52.0 Å². The van der Waals surface area contributed by atoms with E-state index in [0.29, 0.717) is 5.89 Å².